The lowest BCUT2D eigenvalue weighted by Gasteiger charge is -2.13. The molecule has 1 aliphatic heterocycles. The summed E-state index contributed by atoms with van der Waals surface area (Å²) in [5, 5.41) is 2.50. The summed E-state index contributed by atoms with van der Waals surface area (Å²) >= 11 is 1.30. The molecule has 3 rings (SSSR count). The fraction of sp³-hybridized carbons (Fsp3) is 0.263. The number of amides is 1. The standard InChI is InChI=1S/C19H19NO5S/c1-12(19(22)23-2)26-17-6-4-3-5-14(17)18(21)20-10-13-7-8-15-16(9-13)25-11-24-15/h3-9,12H,10-11H2,1-2H3,(H,20,21)/t12-/m1/s1. The van der Waals surface area contributed by atoms with Crippen LogP contribution in [0, 0.1) is 0 Å². The quantitative estimate of drug-likeness (QED) is 0.620. The van der Waals surface area contributed by atoms with E-state index in [1.54, 1.807) is 19.1 Å². The Morgan fingerprint density at radius 2 is 1.96 bits per heavy atom. The van der Waals surface area contributed by atoms with Gasteiger partial charge in [0.05, 0.1) is 12.7 Å². The van der Waals surface area contributed by atoms with Crippen LogP contribution in [0.2, 0.25) is 0 Å². The van der Waals surface area contributed by atoms with E-state index < -0.39 is 5.25 Å². The predicted octanol–water partition coefficient (Wildman–Crippen LogP) is 3.00. The lowest BCUT2D eigenvalue weighted by atomic mass is 10.1. The largest absolute Gasteiger partial charge is 0.468 e. The van der Waals surface area contributed by atoms with Crippen LogP contribution in [0.1, 0.15) is 22.8 Å². The van der Waals surface area contributed by atoms with Gasteiger partial charge in [-0.2, -0.15) is 0 Å². The third kappa shape index (κ3) is 4.11. The molecule has 2 aromatic carbocycles. The molecule has 0 bridgehead atoms. The molecule has 1 heterocycles. The van der Waals surface area contributed by atoms with Crippen molar-refractivity contribution in [2.45, 2.75) is 23.6 Å². The normalized spacial score (nSPS) is 13.2. The molecule has 0 saturated carbocycles. The number of esters is 1. The molecule has 0 fully saturated rings. The number of methoxy groups -OCH3 is 1. The van der Waals surface area contributed by atoms with Gasteiger partial charge in [-0.05, 0) is 36.8 Å². The maximum atomic E-state index is 12.6. The first-order valence-corrected chi connectivity index (χ1v) is 8.96. The molecule has 0 aliphatic carbocycles. The number of hydrogen-bond donors (Lipinski definition) is 1. The molecule has 7 heteroatoms. The van der Waals surface area contributed by atoms with Crippen LogP contribution in [0.3, 0.4) is 0 Å². The van der Waals surface area contributed by atoms with Crippen LogP contribution in [-0.2, 0) is 16.1 Å². The number of carbonyl (C=O) groups is 2. The maximum Gasteiger partial charge on any atom is 0.318 e. The summed E-state index contributed by atoms with van der Waals surface area (Å²) in [6, 6.07) is 12.7. The zero-order valence-corrected chi connectivity index (χ0v) is 15.3. The van der Waals surface area contributed by atoms with E-state index in [9.17, 15) is 9.59 Å². The van der Waals surface area contributed by atoms with Crippen LogP contribution < -0.4 is 14.8 Å². The molecule has 1 aliphatic rings. The minimum Gasteiger partial charge on any atom is -0.468 e. The van der Waals surface area contributed by atoms with Crippen LogP contribution in [0.15, 0.2) is 47.4 Å². The van der Waals surface area contributed by atoms with Gasteiger partial charge in [-0.15, -0.1) is 11.8 Å². The summed E-state index contributed by atoms with van der Waals surface area (Å²) in [6.07, 6.45) is 0. The summed E-state index contributed by atoms with van der Waals surface area (Å²) in [4.78, 5) is 25.0. The van der Waals surface area contributed by atoms with Crippen molar-refractivity contribution in [3.63, 3.8) is 0 Å². The highest BCUT2D eigenvalue weighted by atomic mass is 32.2. The Bertz CT molecular complexity index is 823. The van der Waals surface area contributed by atoms with Crippen molar-refractivity contribution in [1.29, 1.82) is 0 Å². The average Bonchev–Trinajstić information content (AvgIpc) is 3.13. The van der Waals surface area contributed by atoms with Gasteiger partial charge < -0.3 is 19.5 Å². The minimum absolute atomic E-state index is 0.206. The third-order valence-corrected chi connectivity index (χ3v) is 5.01. The van der Waals surface area contributed by atoms with Gasteiger partial charge in [0.2, 0.25) is 6.79 Å². The molecule has 0 saturated heterocycles. The van der Waals surface area contributed by atoms with Gasteiger partial charge in [-0.25, -0.2) is 0 Å². The fourth-order valence-electron chi connectivity index (χ4n) is 2.49. The summed E-state index contributed by atoms with van der Waals surface area (Å²) < 4.78 is 15.4. The van der Waals surface area contributed by atoms with Crippen molar-refractivity contribution in [3.8, 4) is 11.5 Å². The number of rotatable bonds is 6. The Morgan fingerprint density at radius 1 is 1.19 bits per heavy atom. The van der Waals surface area contributed by atoms with Gasteiger partial charge in [0.1, 0.15) is 5.25 Å². The first kappa shape index (κ1) is 18.1. The molecule has 0 unspecified atom stereocenters. The molecule has 1 N–H and O–H groups in total. The van der Waals surface area contributed by atoms with Crippen molar-refractivity contribution >= 4 is 23.6 Å². The monoisotopic (exact) mass is 373 g/mol. The number of ether oxygens (including phenoxy) is 3. The van der Waals surface area contributed by atoms with E-state index in [4.69, 9.17) is 14.2 Å². The predicted molar refractivity (Wildman–Crippen MR) is 97.5 cm³/mol. The molecule has 2 aromatic rings. The van der Waals surface area contributed by atoms with Crippen molar-refractivity contribution in [1.82, 2.24) is 5.32 Å². The molecule has 0 spiro atoms. The number of benzene rings is 2. The van der Waals surface area contributed by atoms with Gasteiger partial charge in [-0.3, -0.25) is 9.59 Å². The van der Waals surface area contributed by atoms with E-state index in [-0.39, 0.29) is 18.7 Å². The Morgan fingerprint density at radius 3 is 2.77 bits per heavy atom. The Kier molecular flexibility index (Phi) is 5.68. The van der Waals surface area contributed by atoms with E-state index >= 15 is 0 Å². The van der Waals surface area contributed by atoms with Crippen LogP contribution >= 0.6 is 11.8 Å². The number of carbonyl (C=O) groups excluding carboxylic acids is 2. The summed E-state index contributed by atoms with van der Waals surface area (Å²) in [5.41, 5.74) is 1.43. The van der Waals surface area contributed by atoms with Gasteiger partial charge in [0.25, 0.3) is 5.91 Å². The van der Waals surface area contributed by atoms with Crippen LogP contribution in [0.5, 0.6) is 11.5 Å². The SMILES string of the molecule is COC(=O)[C@@H](C)Sc1ccccc1C(=O)NCc1ccc2c(c1)OCO2. The van der Waals surface area contributed by atoms with Gasteiger partial charge in [0.15, 0.2) is 11.5 Å². The van der Waals surface area contributed by atoms with Crippen molar-refractivity contribution < 1.29 is 23.8 Å². The number of thioether (sulfide) groups is 1. The molecule has 1 atom stereocenters. The lowest BCUT2D eigenvalue weighted by Crippen LogP contribution is -2.24. The zero-order valence-electron chi connectivity index (χ0n) is 14.5. The second-order valence-corrected chi connectivity index (χ2v) is 7.03. The van der Waals surface area contributed by atoms with E-state index in [0.29, 0.717) is 23.6 Å². The first-order chi connectivity index (χ1) is 12.6. The Hall–Kier alpha value is -2.67. The zero-order chi connectivity index (χ0) is 18.5. The van der Waals surface area contributed by atoms with Gasteiger partial charge >= 0.3 is 5.97 Å². The van der Waals surface area contributed by atoms with Gasteiger partial charge in [-0.1, -0.05) is 18.2 Å². The molecular weight excluding hydrogens is 354 g/mol. The summed E-state index contributed by atoms with van der Waals surface area (Å²) in [7, 11) is 1.35. The van der Waals surface area contributed by atoms with Crippen LogP contribution in [-0.4, -0.2) is 31.0 Å². The molecule has 1 amide bonds. The number of fused-ring (bicyclic) bond motifs is 1. The van der Waals surface area contributed by atoms with Crippen LogP contribution in [0.25, 0.3) is 0 Å². The van der Waals surface area contributed by atoms with Crippen LogP contribution in [0.4, 0.5) is 0 Å². The summed E-state index contributed by atoms with van der Waals surface area (Å²) in [5.74, 6) is 0.853. The topological polar surface area (TPSA) is 73.9 Å². The van der Waals surface area contributed by atoms with Gasteiger partial charge in [0, 0.05) is 11.4 Å². The average molecular weight is 373 g/mol. The molecule has 136 valence electrons. The fourth-order valence-corrected chi connectivity index (χ4v) is 3.51. The molecule has 26 heavy (non-hydrogen) atoms. The molecule has 6 nitrogen and oxygen atoms in total. The van der Waals surface area contributed by atoms with E-state index in [1.165, 1.54) is 18.9 Å². The van der Waals surface area contributed by atoms with Crippen molar-refractivity contribution in [3.05, 3.63) is 53.6 Å². The van der Waals surface area contributed by atoms with E-state index in [0.717, 1.165) is 10.5 Å². The molecular formula is C19H19NO5S. The highest BCUT2D eigenvalue weighted by molar-refractivity contribution is 8.00. The second-order valence-electron chi connectivity index (χ2n) is 5.65. The maximum absolute atomic E-state index is 12.6. The third-order valence-electron chi connectivity index (χ3n) is 3.86. The lowest BCUT2D eigenvalue weighted by molar-refractivity contribution is -0.139. The van der Waals surface area contributed by atoms with E-state index in [1.807, 2.05) is 30.3 Å². The smallest absolute Gasteiger partial charge is 0.318 e. The first-order valence-electron chi connectivity index (χ1n) is 8.08. The number of nitrogens with one attached hydrogen (secondary N) is 1. The highest BCUT2D eigenvalue weighted by Crippen LogP contribution is 2.32. The number of hydrogen-bond acceptors (Lipinski definition) is 6. The van der Waals surface area contributed by atoms with Crippen molar-refractivity contribution in [2.24, 2.45) is 0 Å². The Balaban J connectivity index is 1.67. The molecule has 0 radical (unpaired) electrons. The van der Waals surface area contributed by atoms with E-state index in [2.05, 4.69) is 5.32 Å². The second kappa shape index (κ2) is 8.14. The highest BCUT2D eigenvalue weighted by Gasteiger charge is 2.19. The molecule has 0 aromatic heterocycles. The Labute approximate surface area is 155 Å². The minimum atomic E-state index is -0.400. The summed E-state index contributed by atoms with van der Waals surface area (Å²) in [6.45, 7) is 2.33. The van der Waals surface area contributed by atoms with Crippen molar-refractivity contribution in [2.75, 3.05) is 13.9 Å².